The van der Waals surface area contributed by atoms with Crippen LogP contribution in [-0.2, 0) is 9.59 Å². The Morgan fingerprint density at radius 1 is 1.00 bits per heavy atom. The first-order valence-corrected chi connectivity index (χ1v) is 9.62. The fourth-order valence-electron chi connectivity index (χ4n) is 3.22. The summed E-state index contributed by atoms with van der Waals surface area (Å²) in [5.74, 6) is -0.484. The molecule has 3 aromatic carbocycles. The van der Waals surface area contributed by atoms with Crippen molar-refractivity contribution in [2.75, 3.05) is 23.4 Å². The van der Waals surface area contributed by atoms with Crippen LogP contribution in [0.15, 0.2) is 72.8 Å². The van der Waals surface area contributed by atoms with Crippen molar-refractivity contribution in [3.8, 4) is 5.75 Å². The molecule has 0 bridgehead atoms. The number of fused-ring (bicyclic) bond motifs is 1. The minimum Gasteiger partial charge on any atom is -0.482 e. The van der Waals surface area contributed by atoms with Gasteiger partial charge in [-0.05, 0) is 30.3 Å². The number of ether oxygens (including phenoxy) is 1. The number of carbonyl (C=O) groups excluding carboxylic acids is 3. The molecule has 0 atom stereocenters. The SMILES string of the molecule is O=C(CN1C(=O)COc2ccccc21)Nc1ccc(Cl)cc1C(=O)c1ccccc1. The van der Waals surface area contributed by atoms with Crippen molar-refractivity contribution < 1.29 is 19.1 Å². The molecular formula is C23H17ClN2O4. The van der Waals surface area contributed by atoms with Crippen molar-refractivity contribution in [3.05, 3.63) is 88.9 Å². The van der Waals surface area contributed by atoms with Gasteiger partial charge in [-0.1, -0.05) is 54.1 Å². The van der Waals surface area contributed by atoms with Crippen LogP contribution in [0.1, 0.15) is 15.9 Å². The molecule has 0 unspecified atom stereocenters. The third-order valence-corrected chi connectivity index (χ3v) is 4.88. The number of rotatable bonds is 5. The Labute approximate surface area is 178 Å². The third-order valence-electron chi connectivity index (χ3n) is 4.65. The van der Waals surface area contributed by atoms with Gasteiger partial charge in [0.25, 0.3) is 5.91 Å². The number of amides is 2. The third kappa shape index (κ3) is 4.04. The Morgan fingerprint density at radius 2 is 1.73 bits per heavy atom. The number of ketones is 1. The zero-order chi connectivity index (χ0) is 21.1. The molecule has 0 saturated heterocycles. The lowest BCUT2D eigenvalue weighted by atomic mass is 10.0. The average molecular weight is 421 g/mol. The highest BCUT2D eigenvalue weighted by atomic mass is 35.5. The summed E-state index contributed by atoms with van der Waals surface area (Å²) in [7, 11) is 0. The van der Waals surface area contributed by atoms with E-state index in [1.54, 1.807) is 60.7 Å². The second-order valence-electron chi connectivity index (χ2n) is 6.67. The minimum absolute atomic E-state index is 0.136. The maximum atomic E-state index is 12.9. The molecular weight excluding hydrogens is 404 g/mol. The molecule has 0 aliphatic carbocycles. The molecule has 1 N–H and O–H groups in total. The van der Waals surface area contributed by atoms with Crippen molar-refractivity contribution in [2.24, 2.45) is 0 Å². The van der Waals surface area contributed by atoms with Gasteiger partial charge in [0.05, 0.1) is 11.4 Å². The van der Waals surface area contributed by atoms with E-state index in [9.17, 15) is 14.4 Å². The Balaban J connectivity index is 1.57. The van der Waals surface area contributed by atoms with Crippen LogP contribution in [0, 0.1) is 0 Å². The zero-order valence-corrected chi connectivity index (χ0v) is 16.6. The molecule has 0 saturated carbocycles. The number of nitrogens with one attached hydrogen (secondary N) is 1. The summed E-state index contributed by atoms with van der Waals surface area (Å²) in [5, 5.41) is 3.11. The molecule has 1 heterocycles. The summed E-state index contributed by atoms with van der Waals surface area (Å²) in [4.78, 5) is 39.3. The molecule has 150 valence electrons. The van der Waals surface area contributed by atoms with Crippen molar-refractivity contribution >= 4 is 40.6 Å². The largest absolute Gasteiger partial charge is 0.482 e. The number of hydrogen-bond acceptors (Lipinski definition) is 4. The van der Waals surface area contributed by atoms with Crippen molar-refractivity contribution in [1.82, 2.24) is 0 Å². The summed E-state index contributed by atoms with van der Waals surface area (Å²) < 4.78 is 5.40. The second kappa shape index (κ2) is 8.39. The highest BCUT2D eigenvalue weighted by Gasteiger charge is 2.27. The van der Waals surface area contributed by atoms with E-state index in [-0.39, 0.29) is 30.4 Å². The number of anilines is 2. The van der Waals surface area contributed by atoms with Crippen molar-refractivity contribution in [2.45, 2.75) is 0 Å². The minimum atomic E-state index is -0.440. The van der Waals surface area contributed by atoms with E-state index in [4.69, 9.17) is 16.3 Å². The summed E-state index contributed by atoms with van der Waals surface area (Å²) in [6.45, 7) is -0.343. The van der Waals surface area contributed by atoms with Gasteiger partial charge in [-0.25, -0.2) is 0 Å². The Bertz CT molecular complexity index is 1130. The predicted octanol–water partition coefficient (Wildman–Crippen LogP) is 3.94. The van der Waals surface area contributed by atoms with E-state index in [0.717, 1.165) is 0 Å². The highest BCUT2D eigenvalue weighted by molar-refractivity contribution is 6.31. The molecule has 30 heavy (non-hydrogen) atoms. The van der Waals surface area contributed by atoms with Crippen LogP contribution in [0.5, 0.6) is 5.75 Å². The van der Waals surface area contributed by atoms with Crippen molar-refractivity contribution in [1.29, 1.82) is 0 Å². The fraction of sp³-hybridized carbons (Fsp3) is 0.0870. The van der Waals surface area contributed by atoms with E-state index in [1.165, 1.54) is 11.0 Å². The molecule has 1 aliphatic rings. The van der Waals surface area contributed by atoms with E-state index in [0.29, 0.717) is 27.7 Å². The van der Waals surface area contributed by atoms with E-state index >= 15 is 0 Å². The van der Waals surface area contributed by atoms with Gasteiger partial charge in [0, 0.05) is 16.1 Å². The average Bonchev–Trinajstić information content (AvgIpc) is 2.77. The van der Waals surface area contributed by atoms with Crippen LogP contribution in [-0.4, -0.2) is 30.7 Å². The number of hydrogen-bond donors (Lipinski definition) is 1. The molecule has 0 fully saturated rings. The first-order chi connectivity index (χ1) is 14.5. The first kappa shape index (κ1) is 19.7. The van der Waals surface area contributed by atoms with Gasteiger partial charge in [0.15, 0.2) is 12.4 Å². The van der Waals surface area contributed by atoms with Crippen LogP contribution in [0.4, 0.5) is 11.4 Å². The van der Waals surface area contributed by atoms with Crippen molar-refractivity contribution in [3.63, 3.8) is 0 Å². The van der Waals surface area contributed by atoms with Crippen LogP contribution in [0.2, 0.25) is 5.02 Å². The number of para-hydroxylation sites is 2. The summed E-state index contributed by atoms with van der Waals surface area (Å²) in [6, 6.07) is 20.4. The van der Waals surface area contributed by atoms with Gasteiger partial charge >= 0.3 is 0 Å². The maximum Gasteiger partial charge on any atom is 0.265 e. The Morgan fingerprint density at radius 3 is 2.53 bits per heavy atom. The molecule has 3 aromatic rings. The number of halogens is 1. The van der Waals surface area contributed by atoms with E-state index in [2.05, 4.69) is 5.32 Å². The number of nitrogens with zero attached hydrogens (tertiary/aromatic N) is 1. The monoisotopic (exact) mass is 420 g/mol. The lowest BCUT2D eigenvalue weighted by Gasteiger charge is -2.28. The van der Waals surface area contributed by atoms with E-state index < -0.39 is 5.91 Å². The molecule has 6 nitrogen and oxygen atoms in total. The van der Waals surface area contributed by atoms with Gasteiger partial charge in [0.2, 0.25) is 5.91 Å². The van der Waals surface area contributed by atoms with Crippen LogP contribution >= 0.6 is 11.6 Å². The molecule has 2 amide bonds. The van der Waals surface area contributed by atoms with Gasteiger partial charge in [-0.3, -0.25) is 19.3 Å². The standard InChI is InChI=1S/C23H17ClN2O4/c24-16-10-11-18(17(12-16)23(29)15-6-2-1-3-7-15)25-21(27)13-26-19-8-4-5-9-20(19)30-14-22(26)28/h1-12H,13-14H2,(H,25,27). The molecule has 7 heteroatoms. The topological polar surface area (TPSA) is 75.7 Å². The first-order valence-electron chi connectivity index (χ1n) is 9.24. The molecule has 4 rings (SSSR count). The number of benzene rings is 3. The molecule has 0 spiro atoms. The Kier molecular flexibility index (Phi) is 5.50. The Hall–Kier alpha value is -3.64. The quantitative estimate of drug-likeness (QED) is 0.634. The van der Waals surface area contributed by atoms with Gasteiger partial charge in [-0.2, -0.15) is 0 Å². The smallest absolute Gasteiger partial charge is 0.265 e. The highest BCUT2D eigenvalue weighted by Crippen LogP contribution is 2.31. The van der Waals surface area contributed by atoms with Crippen LogP contribution in [0.3, 0.4) is 0 Å². The predicted molar refractivity (Wildman–Crippen MR) is 114 cm³/mol. The molecule has 0 radical (unpaired) electrons. The summed E-state index contributed by atoms with van der Waals surface area (Å²) in [6.07, 6.45) is 0. The van der Waals surface area contributed by atoms with Crippen LogP contribution < -0.4 is 15.0 Å². The van der Waals surface area contributed by atoms with Gasteiger partial charge in [0.1, 0.15) is 12.3 Å². The normalized spacial score (nSPS) is 12.7. The van der Waals surface area contributed by atoms with Crippen LogP contribution in [0.25, 0.3) is 0 Å². The summed E-state index contributed by atoms with van der Waals surface area (Å²) in [5.41, 5.74) is 1.61. The summed E-state index contributed by atoms with van der Waals surface area (Å²) >= 11 is 6.08. The van der Waals surface area contributed by atoms with E-state index in [1.807, 2.05) is 6.07 Å². The lowest BCUT2D eigenvalue weighted by molar-refractivity contribution is -0.123. The maximum absolute atomic E-state index is 12.9. The number of carbonyl (C=O) groups is 3. The van der Waals surface area contributed by atoms with Gasteiger partial charge < -0.3 is 10.1 Å². The lowest BCUT2D eigenvalue weighted by Crippen LogP contribution is -2.43. The molecule has 0 aromatic heterocycles. The van der Waals surface area contributed by atoms with Gasteiger partial charge in [-0.15, -0.1) is 0 Å². The second-order valence-corrected chi connectivity index (χ2v) is 7.11. The zero-order valence-electron chi connectivity index (χ0n) is 15.8. The molecule has 1 aliphatic heterocycles. The fourth-order valence-corrected chi connectivity index (χ4v) is 3.39.